The Morgan fingerprint density at radius 3 is 2.23 bits per heavy atom. The molecule has 1 unspecified atom stereocenters. The number of aliphatic hydroxyl groups is 1. The van der Waals surface area contributed by atoms with E-state index in [-0.39, 0.29) is 17.6 Å². The van der Waals surface area contributed by atoms with Gasteiger partial charge in [-0.2, -0.15) is 0 Å². The first kappa shape index (κ1) is 11.0. The molecule has 0 heterocycles. The van der Waals surface area contributed by atoms with Crippen LogP contribution < -0.4 is 5.32 Å². The zero-order valence-corrected chi connectivity index (χ0v) is 9.35. The molecule has 0 saturated heterocycles. The van der Waals surface area contributed by atoms with Crippen LogP contribution in [0.3, 0.4) is 0 Å². The van der Waals surface area contributed by atoms with E-state index in [1.807, 2.05) is 0 Å². The first-order valence-corrected chi connectivity index (χ1v) is 5.32. The van der Waals surface area contributed by atoms with Crippen LogP contribution >= 0.6 is 0 Å². The van der Waals surface area contributed by atoms with Crippen LogP contribution in [0.1, 0.15) is 47.0 Å². The Bertz CT molecular complexity index is 177. The fourth-order valence-corrected chi connectivity index (χ4v) is 2.57. The van der Waals surface area contributed by atoms with Gasteiger partial charge < -0.3 is 10.4 Å². The van der Waals surface area contributed by atoms with Crippen molar-refractivity contribution >= 4 is 0 Å². The van der Waals surface area contributed by atoms with Gasteiger partial charge >= 0.3 is 0 Å². The highest BCUT2D eigenvalue weighted by atomic mass is 16.3. The Hall–Kier alpha value is -0.0800. The van der Waals surface area contributed by atoms with Crippen LogP contribution in [-0.4, -0.2) is 23.3 Å². The maximum Gasteiger partial charge on any atom is 0.0618 e. The third kappa shape index (κ3) is 1.89. The van der Waals surface area contributed by atoms with E-state index < -0.39 is 0 Å². The Balaban J connectivity index is 2.79. The molecule has 0 aromatic rings. The van der Waals surface area contributed by atoms with Gasteiger partial charge in [-0.15, -0.1) is 0 Å². The van der Waals surface area contributed by atoms with E-state index in [0.29, 0.717) is 6.04 Å². The van der Waals surface area contributed by atoms with Crippen molar-refractivity contribution < 1.29 is 5.11 Å². The summed E-state index contributed by atoms with van der Waals surface area (Å²) in [5, 5.41) is 13.1. The molecule has 1 rings (SSSR count). The quantitative estimate of drug-likeness (QED) is 0.704. The topological polar surface area (TPSA) is 32.3 Å². The van der Waals surface area contributed by atoms with Gasteiger partial charge in [0.05, 0.1) is 6.61 Å². The molecule has 0 bridgehead atoms. The largest absolute Gasteiger partial charge is 0.394 e. The Morgan fingerprint density at radius 2 is 1.92 bits per heavy atom. The molecule has 13 heavy (non-hydrogen) atoms. The minimum atomic E-state index is -0.0405. The first-order chi connectivity index (χ1) is 5.93. The molecule has 1 aliphatic carbocycles. The summed E-state index contributed by atoms with van der Waals surface area (Å²) in [6.07, 6.45) is 3.55. The molecule has 2 nitrogen and oxygen atoms in total. The summed E-state index contributed by atoms with van der Waals surface area (Å²) >= 11 is 0. The fraction of sp³-hybridized carbons (Fsp3) is 1.00. The van der Waals surface area contributed by atoms with E-state index in [4.69, 9.17) is 0 Å². The molecule has 78 valence electrons. The summed E-state index contributed by atoms with van der Waals surface area (Å²) in [5.74, 6) is 0. The molecular weight excluding hydrogens is 162 g/mol. The van der Waals surface area contributed by atoms with Gasteiger partial charge in [-0.3, -0.25) is 0 Å². The second-order valence-corrected chi connectivity index (χ2v) is 5.28. The van der Waals surface area contributed by atoms with Gasteiger partial charge in [0.25, 0.3) is 0 Å². The van der Waals surface area contributed by atoms with Crippen LogP contribution in [0, 0.1) is 5.41 Å². The zero-order chi connectivity index (χ0) is 10.1. The summed E-state index contributed by atoms with van der Waals surface area (Å²) in [5.41, 5.74) is 0.188. The number of nitrogens with one attached hydrogen (secondary N) is 1. The fourth-order valence-electron chi connectivity index (χ4n) is 2.57. The highest BCUT2D eigenvalue weighted by Crippen LogP contribution is 2.45. The molecule has 1 saturated carbocycles. The average Bonchev–Trinajstić information content (AvgIpc) is 2.27. The zero-order valence-electron chi connectivity index (χ0n) is 9.35. The number of aliphatic hydroxyl groups excluding tert-OH is 1. The third-order valence-corrected chi connectivity index (χ3v) is 3.54. The van der Waals surface area contributed by atoms with Crippen molar-refractivity contribution in [1.82, 2.24) is 5.32 Å². The second-order valence-electron chi connectivity index (χ2n) is 5.28. The lowest BCUT2D eigenvalue weighted by molar-refractivity contribution is 0.0677. The molecule has 2 heteroatoms. The monoisotopic (exact) mass is 185 g/mol. The van der Waals surface area contributed by atoms with E-state index in [1.54, 1.807) is 0 Å². The lowest BCUT2D eigenvalue weighted by atomic mass is 9.75. The molecule has 0 aromatic carbocycles. The van der Waals surface area contributed by atoms with Crippen LogP contribution in [0.2, 0.25) is 0 Å². The molecule has 0 spiro atoms. The Labute approximate surface area is 81.7 Å². The van der Waals surface area contributed by atoms with Crippen molar-refractivity contribution in [2.24, 2.45) is 5.41 Å². The van der Waals surface area contributed by atoms with Crippen LogP contribution in [0.25, 0.3) is 0 Å². The molecular formula is C11H23NO. The van der Waals surface area contributed by atoms with Crippen molar-refractivity contribution in [1.29, 1.82) is 0 Å². The van der Waals surface area contributed by atoms with Crippen molar-refractivity contribution in [3.8, 4) is 0 Å². The maximum atomic E-state index is 9.54. The maximum absolute atomic E-state index is 9.54. The molecule has 1 atom stereocenters. The number of hydrogen-bond donors (Lipinski definition) is 2. The van der Waals surface area contributed by atoms with E-state index in [9.17, 15) is 5.11 Å². The van der Waals surface area contributed by atoms with E-state index in [1.165, 1.54) is 12.8 Å². The molecule has 1 aliphatic rings. The first-order valence-electron chi connectivity index (χ1n) is 5.32. The average molecular weight is 185 g/mol. The standard InChI is InChI=1S/C11H23NO/c1-9(2)12-11(8-13)7-5-6-10(11,3)4/h9,12-13H,5-8H2,1-4H3. The summed E-state index contributed by atoms with van der Waals surface area (Å²) in [6, 6.07) is 0.449. The lowest BCUT2D eigenvalue weighted by Gasteiger charge is -2.42. The predicted molar refractivity (Wildman–Crippen MR) is 55.7 cm³/mol. The normalized spacial score (nSPS) is 32.8. The SMILES string of the molecule is CC(C)NC1(CO)CCCC1(C)C. The molecule has 0 radical (unpaired) electrons. The van der Waals surface area contributed by atoms with Crippen molar-refractivity contribution in [3.63, 3.8) is 0 Å². The third-order valence-electron chi connectivity index (χ3n) is 3.54. The van der Waals surface area contributed by atoms with Gasteiger partial charge in [-0.1, -0.05) is 34.1 Å². The highest BCUT2D eigenvalue weighted by molar-refractivity contribution is 5.05. The van der Waals surface area contributed by atoms with Gasteiger partial charge in [0, 0.05) is 11.6 Å². The minimum absolute atomic E-state index is 0.0405. The predicted octanol–water partition coefficient (Wildman–Crippen LogP) is 1.93. The molecule has 0 amide bonds. The number of hydrogen-bond acceptors (Lipinski definition) is 2. The lowest BCUT2D eigenvalue weighted by Crippen LogP contribution is -2.57. The van der Waals surface area contributed by atoms with Gasteiger partial charge in [-0.25, -0.2) is 0 Å². The Kier molecular flexibility index (Phi) is 3.03. The minimum Gasteiger partial charge on any atom is -0.394 e. The summed E-state index contributed by atoms with van der Waals surface area (Å²) in [7, 11) is 0. The van der Waals surface area contributed by atoms with Crippen LogP contribution in [0.5, 0.6) is 0 Å². The van der Waals surface area contributed by atoms with Gasteiger partial charge in [0.2, 0.25) is 0 Å². The highest BCUT2D eigenvalue weighted by Gasteiger charge is 2.48. The second kappa shape index (κ2) is 3.58. The van der Waals surface area contributed by atoms with Gasteiger partial charge in [0.15, 0.2) is 0 Å². The van der Waals surface area contributed by atoms with Crippen LogP contribution in [0.4, 0.5) is 0 Å². The summed E-state index contributed by atoms with van der Waals surface area (Å²) in [6.45, 7) is 9.06. The molecule has 0 aliphatic heterocycles. The van der Waals surface area contributed by atoms with E-state index in [0.717, 1.165) is 6.42 Å². The summed E-state index contributed by atoms with van der Waals surface area (Å²) < 4.78 is 0. The molecule has 0 aromatic heterocycles. The molecule has 2 N–H and O–H groups in total. The van der Waals surface area contributed by atoms with E-state index >= 15 is 0 Å². The van der Waals surface area contributed by atoms with Crippen molar-refractivity contribution in [3.05, 3.63) is 0 Å². The van der Waals surface area contributed by atoms with Gasteiger partial charge in [-0.05, 0) is 18.3 Å². The van der Waals surface area contributed by atoms with Crippen molar-refractivity contribution in [2.75, 3.05) is 6.61 Å². The smallest absolute Gasteiger partial charge is 0.0618 e. The Morgan fingerprint density at radius 1 is 1.31 bits per heavy atom. The van der Waals surface area contributed by atoms with Crippen LogP contribution in [-0.2, 0) is 0 Å². The van der Waals surface area contributed by atoms with Crippen LogP contribution in [0.15, 0.2) is 0 Å². The molecule has 1 fully saturated rings. The number of rotatable bonds is 3. The van der Waals surface area contributed by atoms with Crippen molar-refractivity contribution in [2.45, 2.75) is 58.5 Å². The van der Waals surface area contributed by atoms with E-state index in [2.05, 4.69) is 33.0 Å². The van der Waals surface area contributed by atoms with Gasteiger partial charge in [0.1, 0.15) is 0 Å². The summed E-state index contributed by atoms with van der Waals surface area (Å²) in [4.78, 5) is 0.